The van der Waals surface area contributed by atoms with Gasteiger partial charge in [0.2, 0.25) is 0 Å². The zero-order valence-corrected chi connectivity index (χ0v) is 9.49. The quantitative estimate of drug-likeness (QED) is 0.732. The highest BCUT2D eigenvalue weighted by molar-refractivity contribution is 5.96. The van der Waals surface area contributed by atoms with E-state index in [4.69, 9.17) is 9.47 Å². The number of hydrogen-bond donors (Lipinski definition) is 0. The minimum atomic E-state index is 0.179. The van der Waals surface area contributed by atoms with Gasteiger partial charge >= 0.3 is 0 Å². The number of hydrogen-bond acceptors (Lipinski definition) is 3. The van der Waals surface area contributed by atoms with E-state index in [0.717, 1.165) is 24.2 Å². The maximum Gasteiger partial charge on any atom is 0.163 e. The second kappa shape index (κ2) is 5.01. The molecule has 0 spiro atoms. The predicted molar refractivity (Wildman–Crippen MR) is 61.3 cm³/mol. The van der Waals surface area contributed by atoms with Gasteiger partial charge in [-0.15, -0.1) is 0 Å². The van der Waals surface area contributed by atoms with Crippen molar-refractivity contribution < 1.29 is 14.3 Å². The van der Waals surface area contributed by atoms with Crippen molar-refractivity contribution in [2.75, 3.05) is 13.2 Å². The highest BCUT2D eigenvalue weighted by Crippen LogP contribution is 2.31. The lowest BCUT2D eigenvalue weighted by molar-refractivity contribution is 0.0978. The highest BCUT2D eigenvalue weighted by Gasteiger charge is 2.14. The standard InChI is InChI=1S/C13H16O3/c1-2-3-4-11(14)10-5-6-12-13(9-10)16-8-7-15-12/h5-6,9H,2-4,7-8H2,1H3. The summed E-state index contributed by atoms with van der Waals surface area (Å²) in [6.45, 7) is 3.22. The number of Topliss-reactive ketones (excluding diaryl/α,β-unsaturated/α-hetero) is 1. The number of unbranched alkanes of at least 4 members (excludes halogenated alkanes) is 1. The van der Waals surface area contributed by atoms with Crippen LogP contribution in [0, 0.1) is 0 Å². The summed E-state index contributed by atoms with van der Waals surface area (Å²) in [5.41, 5.74) is 0.720. The first-order valence-electron chi connectivity index (χ1n) is 5.74. The molecule has 2 rings (SSSR count). The first kappa shape index (κ1) is 11.0. The Balaban J connectivity index is 2.13. The van der Waals surface area contributed by atoms with Gasteiger partial charge in [0.1, 0.15) is 13.2 Å². The first-order chi connectivity index (χ1) is 7.81. The Morgan fingerprint density at radius 3 is 2.75 bits per heavy atom. The number of ketones is 1. The number of benzene rings is 1. The Bertz CT molecular complexity index is 385. The normalized spacial score (nSPS) is 13.6. The van der Waals surface area contributed by atoms with Crippen LogP contribution >= 0.6 is 0 Å². The lowest BCUT2D eigenvalue weighted by Crippen LogP contribution is -2.15. The monoisotopic (exact) mass is 220 g/mol. The second-order valence-corrected chi connectivity index (χ2v) is 3.89. The molecule has 0 aliphatic carbocycles. The fourth-order valence-electron chi connectivity index (χ4n) is 1.70. The van der Waals surface area contributed by atoms with E-state index in [2.05, 4.69) is 6.92 Å². The third-order valence-corrected chi connectivity index (χ3v) is 2.62. The largest absolute Gasteiger partial charge is 0.486 e. The summed E-state index contributed by atoms with van der Waals surface area (Å²) in [6, 6.07) is 5.41. The summed E-state index contributed by atoms with van der Waals surface area (Å²) in [4.78, 5) is 11.8. The molecule has 0 fully saturated rings. The van der Waals surface area contributed by atoms with Crippen LogP contribution < -0.4 is 9.47 Å². The molecular formula is C13H16O3. The average molecular weight is 220 g/mol. The van der Waals surface area contributed by atoms with Crippen molar-refractivity contribution in [3.63, 3.8) is 0 Å². The Hall–Kier alpha value is -1.51. The predicted octanol–water partition coefficient (Wildman–Crippen LogP) is 2.83. The Morgan fingerprint density at radius 1 is 1.25 bits per heavy atom. The summed E-state index contributed by atoms with van der Waals surface area (Å²) in [7, 11) is 0. The second-order valence-electron chi connectivity index (χ2n) is 3.89. The molecule has 0 N–H and O–H groups in total. The van der Waals surface area contributed by atoms with E-state index in [1.807, 2.05) is 12.1 Å². The average Bonchev–Trinajstić information content (AvgIpc) is 2.35. The summed E-state index contributed by atoms with van der Waals surface area (Å²) >= 11 is 0. The molecule has 3 nitrogen and oxygen atoms in total. The summed E-state index contributed by atoms with van der Waals surface area (Å²) in [6.07, 6.45) is 2.58. The van der Waals surface area contributed by atoms with E-state index in [-0.39, 0.29) is 5.78 Å². The topological polar surface area (TPSA) is 35.5 Å². The maximum atomic E-state index is 11.8. The van der Waals surface area contributed by atoms with Crippen LogP contribution in [-0.2, 0) is 0 Å². The molecule has 0 unspecified atom stereocenters. The van der Waals surface area contributed by atoms with Crippen LogP contribution in [0.5, 0.6) is 11.5 Å². The van der Waals surface area contributed by atoms with Gasteiger partial charge in [-0.25, -0.2) is 0 Å². The summed E-state index contributed by atoms with van der Waals surface area (Å²) in [5, 5.41) is 0. The highest BCUT2D eigenvalue weighted by atomic mass is 16.6. The van der Waals surface area contributed by atoms with E-state index >= 15 is 0 Å². The van der Waals surface area contributed by atoms with Crippen molar-refractivity contribution in [1.29, 1.82) is 0 Å². The molecular weight excluding hydrogens is 204 g/mol. The molecule has 1 aromatic rings. The van der Waals surface area contributed by atoms with E-state index in [0.29, 0.717) is 25.4 Å². The Kier molecular flexibility index (Phi) is 3.44. The van der Waals surface area contributed by atoms with Gasteiger partial charge in [-0.1, -0.05) is 13.3 Å². The fourth-order valence-corrected chi connectivity index (χ4v) is 1.70. The summed E-state index contributed by atoms with van der Waals surface area (Å²) < 4.78 is 10.8. The van der Waals surface area contributed by atoms with Gasteiger partial charge < -0.3 is 9.47 Å². The molecule has 0 radical (unpaired) electrons. The molecule has 86 valence electrons. The van der Waals surface area contributed by atoms with Gasteiger partial charge in [-0.3, -0.25) is 4.79 Å². The van der Waals surface area contributed by atoms with Gasteiger partial charge in [0.15, 0.2) is 17.3 Å². The van der Waals surface area contributed by atoms with E-state index in [1.54, 1.807) is 6.07 Å². The van der Waals surface area contributed by atoms with Gasteiger partial charge in [-0.05, 0) is 24.6 Å². The van der Waals surface area contributed by atoms with Crippen LogP contribution in [0.3, 0.4) is 0 Å². The molecule has 0 atom stereocenters. The zero-order chi connectivity index (χ0) is 11.4. The molecule has 3 heteroatoms. The van der Waals surface area contributed by atoms with Gasteiger partial charge in [-0.2, -0.15) is 0 Å². The van der Waals surface area contributed by atoms with Crippen molar-refractivity contribution in [3.05, 3.63) is 23.8 Å². The third-order valence-electron chi connectivity index (χ3n) is 2.62. The number of carbonyl (C=O) groups is 1. The van der Waals surface area contributed by atoms with Crippen molar-refractivity contribution in [3.8, 4) is 11.5 Å². The number of carbonyl (C=O) groups excluding carboxylic acids is 1. The van der Waals surface area contributed by atoms with Crippen LogP contribution in [-0.4, -0.2) is 19.0 Å². The molecule has 0 saturated carbocycles. The van der Waals surface area contributed by atoms with Crippen molar-refractivity contribution in [2.24, 2.45) is 0 Å². The SMILES string of the molecule is CCCCC(=O)c1ccc2c(c1)OCCO2. The van der Waals surface area contributed by atoms with Gasteiger partial charge in [0.05, 0.1) is 0 Å². The zero-order valence-electron chi connectivity index (χ0n) is 9.49. The van der Waals surface area contributed by atoms with Crippen LogP contribution in [0.25, 0.3) is 0 Å². The first-order valence-corrected chi connectivity index (χ1v) is 5.74. The molecule has 1 aliphatic heterocycles. The number of ether oxygens (including phenoxy) is 2. The van der Waals surface area contributed by atoms with Gasteiger partial charge in [0, 0.05) is 12.0 Å². The molecule has 1 aromatic carbocycles. The summed E-state index contributed by atoms with van der Waals surface area (Å²) in [5.74, 6) is 1.60. The lowest BCUT2D eigenvalue weighted by Gasteiger charge is -2.18. The fraction of sp³-hybridized carbons (Fsp3) is 0.462. The molecule has 1 heterocycles. The van der Waals surface area contributed by atoms with Crippen molar-refractivity contribution in [1.82, 2.24) is 0 Å². The third kappa shape index (κ3) is 2.35. The minimum absolute atomic E-state index is 0.179. The van der Waals surface area contributed by atoms with E-state index in [1.165, 1.54) is 0 Å². The van der Waals surface area contributed by atoms with E-state index in [9.17, 15) is 4.79 Å². The van der Waals surface area contributed by atoms with Crippen LogP contribution in [0.15, 0.2) is 18.2 Å². The Morgan fingerprint density at radius 2 is 2.00 bits per heavy atom. The molecule has 0 saturated heterocycles. The lowest BCUT2D eigenvalue weighted by atomic mass is 10.1. The number of fused-ring (bicyclic) bond motifs is 1. The number of rotatable bonds is 4. The Labute approximate surface area is 95.4 Å². The van der Waals surface area contributed by atoms with Crippen LogP contribution in [0.4, 0.5) is 0 Å². The smallest absolute Gasteiger partial charge is 0.163 e. The van der Waals surface area contributed by atoms with Crippen molar-refractivity contribution >= 4 is 5.78 Å². The van der Waals surface area contributed by atoms with E-state index < -0.39 is 0 Å². The molecule has 1 aliphatic rings. The van der Waals surface area contributed by atoms with Crippen molar-refractivity contribution in [2.45, 2.75) is 26.2 Å². The molecule has 0 amide bonds. The molecule has 16 heavy (non-hydrogen) atoms. The minimum Gasteiger partial charge on any atom is -0.486 e. The van der Waals surface area contributed by atoms with Crippen LogP contribution in [0.1, 0.15) is 36.5 Å². The van der Waals surface area contributed by atoms with Gasteiger partial charge in [0.25, 0.3) is 0 Å². The maximum absolute atomic E-state index is 11.8. The molecule has 0 aromatic heterocycles. The van der Waals surface area contributed by atoms with Crippen LogP contribution in [0.2, 0.25) is 0 Å². The molecule has 0 bridgehead atoms.